The number of amidine groups is 1. The van der Waals surface area contributed by atoms with Crippen LogP contribution in [0.4, 0.5) is 5.82 Å². The maximum absolute atomic E-state index is 13.0. The summed E-state index contributed by atoms with van der Waals surface area (Å²) in [4.78, 5) is 41.8. The Labute approximate surface area is 233 Å². The van der Waals surface area contributed by atoms with Crippen LogP contribution in [0.1, 0.15) is 66.4 Å². The van der Waals surface area contributed by atoms with E-state index < -0.39 is 0 Å². The van der Waals surface area contributed by atoms with Gasteiger partial charge in [-0.2, -0.15) is 10.8 Å². The number of allylic oxidation sites excluding steroid dienone is 1. The van der Waals surface area contributed by atoms with Gasteiger partial charge in [0.15, 0.2) is 0 Å². The van der Waals surface area contributed by atoms with Crippen molar-refractivity contribution in [1.29, 1.82) is 0 Å². The zero-order valence-electron chi connectivity index (χ0n) is 22.7. The summed E-state index contributed by atoms with van der Waals surface area (Å²) in [6.45, 7) is 3.61. The number of nitrogens with one attached hydrogen (secondary N) is 1. The van der Waals surface area contributed by atoms with E-state index in [-0.39, 0.29) is 28.2 Å². The lowest BCUT2D eigenvalue weighted by Gasteiger charge is -2.33. The highest BCUT2D eigenvalue weighted by Crippen LogP contribution is 2.42. The maximum atomic E-state index is 13.0. The molecule has 204 valence electrons. The van der Waals surface area contributed by atoms with E-state index in [1.807, 2.05) is 35.4 Å². The molecule has 40 heavy (non-hydrogen) atoms. The number of anilines is 1. The van der Waals surface area contributed by atoms with Crippen molar-refractivity contribution in [3.05, 3.63) is 83.1 Å². The van der Waals surface area contributed by atoms with E-state index in [1.165, 1.54) is 18.4 Å². The monoisotopic (exact) mass is 536 g/mol. The largest absolute Gasteiger partial charge is 0.342 e. The van der Waals surface area contributed by atoms with E-state index in [9.17, 15) is 9.59 Å². The lowest BCUT2D eigenvalue weighted by molar-refractivity contribution is -0.750. The number of pyridine rings is 1. The minimum atomic E-state index is -0.210. The molecule has 3 aliphatic heterocycles. The van der Waals surface area contributed by atoms with Crippen molar-refractivity contribution in [2.45, 2.75) is 44.9 Å². The van der Waals surface area contributed by atoms with Crippen LogP contribution in [0.2, 0.25) is 0 Å². The molecule has 3 unspecified atom stereocenters. The number of rotatable bonds is 6. The minimum Gasteiger partial charge on any atom is -0.342 e. The van der Waals surface area contributed by atoms with Gasteiger partial charge in [0.25, 0.3) is 11.7 Å². The lowest BCUT2D eigenvalue weighted by atomic mass is 9.93. The molecule has 1 saturated heterocycles. The third-order valence-electron chi connectivity index (χ3n) is 8.85. The predicted octanol–water partition coefficient (Wildman–Crippen LogP) is 4.32. The Kier molecular flexibility index (Phi) is 6.01. The minimum absolute atomic E-state index is 0.0770. The summed E-state index contributed by atoms with van der Waals surface area (Å²) < 4.78 is -0.0770. The number of nitrogens with two attached hydrogens (primary N) is 1. The Morgan fingerprint density at radius 3 is 2.65 bits per heavy atom. The van der Waals surface area contributed by atoms with Crippen LogP contribution in [-0.4, -0.2) is 51.4 Å². The Morgan fingerprint density at radius 1 is 1.10 bits per heavy atom. The van der Waals surface area contributed by atoms with E-state index in [0.717, 1.165) is 42.8 Å². The van der Waals surface area contributed by atoms with E-state index >= 15 is 0 Å². The standard InChI is InChI=1S/C31H33N7O2/c1-19-15-25(19)31(40)37-13-2-3-24(18-37)28-26-17-33-12-14-38(26,32)29(36-28)21-6-8-22(9-7-21)30(39)35-27-16-23(10-11-34-27)20-4-5-20/h6-12,14,16-17,19-20,24-25H,2-5,13,15,18,32H2,1H3/p+1/t19?,24-,25?,38?/m1/s1. The molecular formula is C31H34N7O2+. The third kappa shape index (κ3) is 4.49. The zero-order valence-corrected chi connectivity index (χ0v) is 22.7. The first kappa shape index (κ1) is 25.0. The average Bonchev–Trinajstić information content (AvgIpc) is 3.91. The molecule has 4 heterocycles. The second kappa shape index (κ2) is 9.60. The van der Waals surface area contributed by atoms with Gasteiger partial charge in [0.05, 0.1) is 18.0 Å². The molecule has 0 spiro atoms. The maximum Gasteiger partial charge on any atom is 0.264 e. The van der Waals surface area contributed by atoms with E-state index in [0.29, 0.717) is 35.6 Å². The number of fused-ring (bicyclic) bond motifs is 1. The second-order valence-electron chi connectivity index (χ2n) is 11.8. The van der Waals surface area contributed by atoms with Gasteiger partial charge in [0, 0.05) is 36.7 Å². The van der Waals surface area contributed by atoms with Gasteiger partial charge in [-0.1, -0.05) is 6.92 Å². The molecule has 1 aromatic carbocycles. The van der Waals surface area contributed by atoms with Gasteiger partial charge in [0.1, 0.15) is 17.7 Å². The fourth-order valence-corrected chi connectivity index (χ4v) is 6.15. The molecule has 9 heteroatoms. The number of carbonyl (C=O) groups is 2. The molecule has 3 N–H and O–H groups in total. The molecule has 3 fully saturated rings. The molecule has 2 saturated carbocycles. The van der Waals surface area contributed by atoms with Crippen molar-refractivity contribution >= 4 is 29.7 Å². The quantitative estimate of drug-likeness (QED) is 0.423. The number of aliphatic imine (C=N–C) groups is 2. The molecule has 5 aliphatic rings. The number of aromatic nitrogens is 1. The number of likely N-dealkylation sites (tertiary alicyclic amines) is 1. The summed E-state index contributed by atoms with van der Waals surface area (Å²) in [7, 11) is 0. The van der Waals surface area contributed by atoms with Crippen LogP contribution < -0.4 is 11.2 Å². The summed E-state index contributed by atoms with van der Waals surface area (Å²) in [6.07, 6.45) is 12.3. The van der Waals surface area contributed by atoms with Crippen molar-refractivity contribution < 1.29 is 14.2 Å². The third-order valence-corrected chi connectivity index (χ3v) is 8.85. The van der Waals surface area contributed by atoms with Crippen molar-refractivity contribution in [1.82, 2.24) is 9.88 Å². The summed E-state index contributed by atoms with van der Waals surface area (Å²) in [6, 6.07) is 11.3. The Hall–Kier alpha value is -3.95. The fourth-order valence-electron chi connectivity index (χ4n) is 6.15. The molecule has 4 atom stereocenters. The first-order chi connectivity index (χ1) is 19.4. The van der Waals surface area contributed by atoms with E-state index in [4.69, 9.17) is 10.8 Å². The highest BCUT2D eigenvalue weighted by atomic mass is 16.2. The van der Waals surface area contributed by atoms with Crippen LogP contribution in [0.15, 0.2) is 76.4 Å². The molecule has 7 rings (SSSR count). The number of hydrogen-bond donors (Lipinski definition) is 2. The highest BCUT2D eigenvalue weighted by Gasteiger charge is 2.48. The zero-order chi connectivity index (χ0) is 27.4. The van der Waals surface area contributed by atoms with Gasteiger partial charge in [-0.05, 0) is 85.9 Å². The molecule has 1 aromatic heterocycles. The van der Waals surface area contributed by atoms with E-state index in [1.54, 1.807) is 30.7 Å². The van der Waals surface area contributed by atoms with Crippen LogP contribution in [0.3, 0.4) is 0 Å². The SMILES string of the molecule is CC1CC1C(=O)N1CCC[C@@H](C2=C3C=NC=C[N+]3(N)C(c3ccc(C(=O)Nc4cc(C5CC5)ccn4)cc3)=N2)C1. The molecule has 0 bridgehead atoms. The van der Waals surface area contributed by atoms with Gasteiger partial charge in [-0.15, -0.1) is 4.59 Å². The van der Waals surface area contributed by atoms with Crippen LogP contribution in [0, 0.1) is 17.8 Å². The topological polar surface area (TPSA) is 113 Å². The summed E-state index contributed by atoms with van der Waals surface area (Å²) in [5.74, 6) is 9.62. The molecular weight excluding hydrogens is 502 g/mol. The number of quaternary nitrogens is 1. The molecule has 2 amide bonds. The van der Waals surface area contributed by atoms with Crippen LogP contribution in [-0.2, 0) is 4.79 Å². The number of nitrogens with zero attached hydrogens (tertiary/aromatic N) is 5. The van der Waals surface area contributed by atoms with Crippen LogP contribution in [0.25, 0.3) is 0 Å². The Morgan fingerprint density at radius 2 is 1.90 bits per heavy atom. The first-order valence-corrected chi connectivity index (χ1v) is 14.3. The molecule has 2 aliphatic carbocycles. The normalized spacial score (nSPS) is 28.8. The molecule has 9 nitrogen and oxygen atoms in total. The smallest absolute Gasteiger partial charge is 0.264 e. The number of hydrogen-bond acceptors (Lipinski definition) is 6. The van der Waals surface area contributed by atoms with Gasteiger partial charge < -0.3 is 10.2 Å². The van der Waals surface area contributed by atoms with Crippen molar-refractivity contribution in [2.24, 2.45) is 33.6 Å². The van der Waals surface area contributed by atoms with E-state index in [2.05, 4.69) is 22.2 Å². The van der Waals surface area contributed by atoms with Crippen molar-refractivity contribution in [3.8, 4) is 0 Å². The predicted molar refractivity (Wildman–Crippen MR) is 153 cm³/mol. The average molecular weight is 537 g/mol. The van der Waals surface area contributed by atoms with Crippen molar-refractivity contribution in [2.75, 3.05) is 18.4 Å². The second-order valence-corrected chi connectivity index (χ2v) is 11.8. The Bertz CT molecular complexity index is 1500. The number of piperidine rings is 1. The molecule has 2 aromatic rings. The Balaban J connectivity index is 1.11. The van der Waals surface area contributed by atoms with Crippen molar-refractivity contribution in [3.63, 3.8) is 0 Å². The molecule has 0 radical (unpaired) electrons. The van der Waals surface area contributed by atoms with Crippen LogP contribution >= 0.6 is 0 Å². The number of benzene rings is 1. The van der Waals surface area contributed by atoms with Gasteiger partial charge >= 0.3 is 0 Å². The highest BCUT2D eigenvalue weighted by molar-refractivity contribution is 6.05. The first-order valence-electron chi connectivity index (χ1n) is 14.3. The summed E-state index contributed by atoms with van der Waals surface area (Å²) in [5, 5.41) is 2.92. The van der Waals surface area contributed by atoms with Gasteiger partial charge in [0.2, 0.25) is 11.6 Å². The lowest BCUT2D eigenvalue weighted by Crippen LogP contribution is -2.53. The fraction of sp³-hybridized carbons (Fsp3) is 0.387. The van der Waals surface area contributed by atoms with Gasteiger partial charge in [-0.3, -0.25) is 14.6 Å². The van der Waals surface area contributed by atoms with Crippen LogP contribution in [0.5, 0.6) is 0 Å². The summed E-state index contributed by atoms with van der Waals surface area (Å²) in [5.41, 5.74) is 4.32. The van der Waals surface area contributed by atoms with Gasteiger partial charge in [-0.25, -0.2) is 4.98 Å². The number of carbonyl (C=O) groups excluding carboxylic acids is 2. The number of amides is 2. The summed E-state index contributed by atoms with van der Waals surface area (Å²) >= 11 is 0.